The van der Waals surface area contributed by atoms with Gasteiger partial charge in [0.15, 0.2) is 0 Å². The van der Waals surface area contributed by atoms with Crippen LogP contribution in [0.2, 0.25) is 0 Å². The van der Waals surface area contributed by atoms with Gasteiger partial charge in [-0.3, -0.25) is 0 Å². The first-order valence-corrected chi connectivity index (χ1v) is 7.22. The molecule has 0 saturated carbocycles. The summed E-state index contributed by atoms with van der Waals surface area (Å²) < 4.78 is 31.6. The van der Waals surface area contributed by atoms with Gasteiger partial charge in [-0.15, -0.1) is 0 Å². The zero-order chi connectivity index (χ0) is 16.1. The molecule has 0 bridgehead atoms. The van der Waals surface area contributed by atoms with Crippen LogP contribution in [0.5, 0.6) is 0 Å². The van der Waals surface area contributed by atoms with Crippen LogP contribution < -0.4 is 0 Å². The second-order valence-corrected chi connectivity index (χ2v) is 5.33. The first-order chi connectivity index (χ1) is 10.5. The third-order valence-electron chi connectivity index (χ3n) is 3.62. The molecule has 0 radical (unpaired) electrons. The van der Waals surface area contributed by atoms with Crippen molar-refractivity contribution in [1.82, 2.24) is 4.57 Å². The molecular weight excluding hydrogens is 288 g/mol. The third-order valence-corrected chi connectivity index (χ3v) is 3.62. The molecule has 3 nitrogen and oxygen atoms in total. The quantitative estimate of drug-likeness (QED) is 0.573. The minimum absolute atomic E-state index is 0.0980. The molecule has 1 aromatic heterocycles. The molecule has 0 fully saturated rings. The number of hydrogen-bond donors (Lipinski definition) is 0. The highest BCUT2D eigenvalue weighted by Crippen LogP contribution is 2.18. The number of rotatable bonds is 6. The lowest BCUT2D eigenvalue weighted by Crippen LogP contribution is -2.06. The highest BCUT2D eigenvalue weighted by atomic mass is 19.3. The topological polar surface area (TPSA) is 31.2 Å². The van der Waals surface area contributed by atoms with E-state index in [4.69, 9.17) is 4.74 Å². The van der Waals surface area contributed by atoms with Crippen molar-refractivity contribution in [2.24, 2.45) is 7.05 Å². The Balaban J connectivity index is 1.82. The lowest BCUT2D eigenvalue weighted by atomic mass is 10.1. The number of halogens is 2. The molecule has 0 aliphatic heterocycles. The van der Waals surface area contributed by atoms with Crippen molar-refractivity contribution in [2.75, 3.05) is 6.61 Å². The summed E-state index contributed by atoms with van der Waals surface area (Å²) in [6, 6.07) is 7.34. The van der Waals surface area contributed by atoms with E-state index < -0.39 is 6.08 Å². The molecule has 0 atom stereocenters. The Morgan fingerprint density at radius 1 is 1.23 bits per heavy atom. The molecular formula is C17H19F2NO2. The second-order valence-electron chi connectivity index (χ2n) is 5.33. The van der Waals surface area contributed by atoms with E-state index in [1.807, 2.05) is 29.9 Å². The van der Waals surface area contributed by atoms with Crippen LogP contribution in [0, 0.1) is 0 Å². The molecule has 1 heterocycles. The van der Waals surface area contributed by atoms with E-state index in [-0.39, 0.29) is 18.1 Å². The number of allylic oxidation sites excluding steroid dienone is 1. The molecule has 5 heteroatoms. The van der Waals surface area contributed by atoms with Gasteiger partial charge >= 0.3 is 5.97 Å². The molecule has 0 spiro atoms. The molecule has 0 aliphatic carbocycles. The number of fused-ring (bicyclic) bond motifs is 1. The Labute approximate surface area is 128 Å². The number of ether oxygens (including phenoxy) is 1. The number of esters is 1. The van der Waals surface area contributed by atoms with Crippen molar-refractivity contribution < 1.29 is 18.3 Å². The number of aryl methyl sites for hydroxylation is 1. The minimum atomic E-state index is -1.62. The molecule has 0 amide bonds. The maximum atomic E-state index is 12.2. The monoisotopic (exact) mass is 307 g/mol. The van der Waals surface area contributed by atoms with Crippen LogP contribution in [0.4, 0.5) is 8.78 Å². The van der Waals surface area contributed by atoms with Crippen molar-refractivity contribution in [3.05, 3.63) is 47.7 Å². The van der Waals surface area contributed by atoms with Gasteiger partial charge in [0.25, 0.3) is 6.08 Å². The molecule has 22 heavy (non-hydrogen) atoms. The number of benzene rings is 1. The van der Waals surface area contributed by atoms with Gasteiger partial charge < -0.3 is 9.30 Å². The summed E-state index contributed by atoms with van der Waals surface area (Å²) in [5.74, 6) is -0.380. The molecule has 0 saturated heterocycles. The van der Waals surface area contributed by atoms with E-state index in [0.717, 1.165) is 10.9 Å². The highest BCUT2D eigenvalue weighted by Gasteiger charge is 2.09. The van der Waals surface area contributed by atoms with Crippen LogP contribution in [0.15, 0.2) is 42.1 Å². The maximum absolute atomic E-state index is 12.2. The van der Waals surface area contributed by atoms with E-state index in [9.17, 15) is 13.6 Å². The van der Waals surface area contributed by atoms with Crippen molar-refractivity contribution in [1.29, 1.82) is 0 Å². The number of carbonyl (C=O) groups excluding carboxylic acids is 1. The average Bonchev–Trinajstić information content (AvgIpc) is 2.87. The molecule has 118 valence electrons. The van der Waals surface area contributed by atoms with Gasteiger partial charge in [-0.1, -0.05) is 0 Å². The number of unbranched alkanes of at least 4 members (excludes halogenated alkanes) is 1. The summed E-state index contributed by atoms with van der Waals surface area (Å²) >= 11 is 0. The predicted octanol–water partition coefficient (Wildman–Crippen LogP) is 4.68. The van der Waals surface area contributed by atoms with Crippen molar-refractivity contribution in [3.63, 3.8) is 0 Å². The second kappa shape index (κ2) is 7.20. The Morgan fingerprint density at radius 2 is 2.00 bits per heavy atom. The van der Waals surface area contributed by atoms with Crippen molar-refractivity contribution in [3.8, 4) is 0 Å². The van der Waals surface area contributed by atoms with E-state index in [2.05, 4.69) is 0 Å². The van der Waals surface area contributed by atoms with Gasteiger partial charge in [-0.2, -0.15) is 8.78 Å². The summed E-state index contributed by atoms with van der Waals surface area (Å²) in [5, 5.41) is 0.983. The van der Waals surface area contributed by atoms with Crippen LogP contribution in [0.1, 0.15) is 36.5 Å². The number of carbonyl (C=O) groups is 1. The van der Waals surface area contributed by atoms with Gasteiger partial charge in [-0.05, 0) is 56.0 Å². The largest absolute Gasteiger partial charge is 0.462 e. The predicted molar refractivity (Wildman–Crippen MR) is 82.0 cm³/mol. The fourth-order valence-electron chi connectivity index (χ4n) is 2.24. The zero-order valence-electron chi connectivity index (χ0n) is 12.7. The van der Waals surface area contributed by atoms with Crippen molar-refractivity contribution in [2.45, 2.75) is 26.2 Å². The fraction of sp³-hybridized carbons (Fsp3) is 0.353. The SMILES string of the molecule is CC(CCCCOC(=O)c1ccc2c(ccn2C)c1)=C(F)F. The molecule has 0 N–H and O–H groups in total. The molecule has 0 unspecified atom stereocenters. The zero-order valence-corrected chi connectivity index (χ0v) is 12.7. The van der Waals surface area contributed by atoms with E-state index in [0.29, 0.717) is 24.8 Å². The Kier molecular flexibility index (Phi) is 5.31. The van der Waals surface area contributed by atoms with E-state index >= 15 is 0 Å². The standard InChI is InChI=1S/C17H19F2NO2/c1-12(16(18)19)5-3-4-10-22-17(21)14-6-7-15-13(11-14)8-9-20(15)2/h6-9,11H,3-5,10H2,1-2H3. The maximum Gasteiger partial charge on any atom is 0.338 e. The van der Waals surface area contributed by atoms with E-state index in [1.54, 1.807) is 12.1 Å². The van der Waals surface area contributed by atoms with Crippen molar-refractivity contribution >= 4 is 16.9 Å². The van der Waals surface area contributed by atoms with Gasteiger partial charge in [0.1, 0.15) is 0 Å². The summed E-state index contributed by atoms with van der Waals surface area (Å²) in [6.07, 6.45) is 1.79. The normalized spacial score (nSPS) is 10.7. The Bertz CT molecular complexity index is 700. The molecule has 2 aromatic rings. The Hall–Kier alpha value is -2.17. The summed E-state index contributed by atoms with van der Waals surface area (Å²) in [5.41, 5.74) is 1.65. The van der Waals surface area contributed by atoms with Crippen LogP contribution in [0.3, 0.4) is 0 Å². The average molecular weight is 307 g/mol. The fourth-order valence-corrected chi connectivity index (χ4v) is 2.24. The van der Waals surface area contributed by atoms with Gasteiger partial charge in [-0.25, -0.2) is 4.79 Å². The van der Waals surface area contributed by atoms with Gasteiger partial charge in [0.05, 0.1) is 12.2 Å². The lowest BCUT2D eigenvalue weighted by molar-refractivity contribution is 0.0498. The Morgan fingerprint density at radius 3 is 2.73 bits per heavy atom. The van der Waals surface area contributed by atoms with E-state index in [1.165, 1.54) is 6.92 Å². The first kappa shape index (κ1) is 16.2. The minimum Gasteiger partial charge on any atom is -0.462 e. The van der Waals surface area contributed by atoms with Gasteiger partial charge in [0.2, 0.25) is 0 Å². The smallest absolute Gasteiger partial charge is 0.338 e. The third kappa shape index (κ3) is 3.93. The van der Waals surface area contributed by atoms with Crippen LogP contribution in [-0.2, 0) is 11.8 Å². The highest BCUT2D eigenvalue weighted by molar-refractivity contribution is 5.94. The van der Waals surface area contributed by atoms with Crippen LogP contribution in [0.25, 0.3) is 10.9 Å². The molecule has 0 aliphatic rings. The summed E-state index contributed by atoms with van der Waals surface area (Å²) in [6.45, 7) is 1.66. The number of aromatic nitrogens is 1. The van der Waals surface area contributed by atoms with Crippen LogP contribution in [-0.4, -0.2) is 17.1 Å². The van der Waals surface area contributed by atoms with Gasteiger partial charge in [0, 0.05) is 24.1 Å². The van der Waals surface area contributed by atoms with Crippen LogP contribution >= 0.6 is 0 Å². The molecule has 2 rings (SSSR count). The number of hydrogen-bond acceptors (Lipinski definition) is 2. The summed E-state index contributed by atoms with van der Waals surface area (Å²) in [4.78, 5) is 11.9. The first-order valence-electron chi connectivity index (χ1n) is 7.22. The molecule has 1 aromatic carbocycles. The number of nitrogens with zero attached hydrogens (tertiary/aromatic N) is 1. The summed E-state index contributed by atoms with van der Waals surface area (Å²) in [7, 11) is 1.94. The lowest BCUT2D eigenvalue weighted by Gasteiger charge is -2.05.